The molecule has 0 spiro atoms. The second kappa shape index (κ2) is 9.14. The number of amides is 2. The summed E-state index contributed by atoms with van der Waals surface area (Å²) in [6.07, 6.45) is 1.07. The van der Waals surface area contributed by atoms with Crippen molar-refractivity contribution in [2.45, 2.75) is 12.8 Å². The second-order valence-corrected chi connectivity index (χ2v) is 5.37. The minimum Gasteiger partial charge on any atom is -0.497 e. The lowest BCUT2D eigenvalue weighted by molar-refractivity contribution is -0.120. The first-order chi connectivity index (χ1) is 12.1. The Morgan fingerprint density at radius 3 is 2.36 bits per heavy atom. The molecule has 0 fully saturated rings. The number of ether oxygens (including phenoxy) is 1. The van der Waals surface area contributed by atoms with Gasteiger partial charge in [-0.15, -0.1) is 0 Å². The molecule has 0 aliphatic carbocycles. The van der Waals surface area contributed by atoms with Crippen molar-refractivity contribution in [1.29, 1.82) is 0 Å². The summed E-state index contributed by atoms with van der Waals surface area (Å²) in [5, 5.41) is 2.76. The van der Waals surface area contributed by atoms with Crippen molar-refractivity contribution >= 4 is 11.8 Å². The fraction of sp³-hybridized carbons (Fsp3) is 0.200. The fourth-order valence-electron chi connectivity index (χ4n) is 2.15. The van der Waals surface area contributed by atoms with Crippen molar-refractivity contribution in [3.8, 4) is 17.6 Å². The number of nitrogens with one attached hydrogen (secondary N) is 1. The molecule has 0 atom stereocenters. The molecule has 128 valence electrons. The van der Waals surface area contributed by atoms with Crippen molar-refractivity contribution in [2.75, 3.05) is 13.7 Å². The van der Waals surface area contributed by atoms with Gasteiger partial charge in [0.2, 0.25) is 11.8 Å². The molecule has 0 saturated carbocycles. The maximum absolute atomic E-state index is 11.8. The summed E-state index contributed by atoms with van der Waals surface area (Å²) in [5.41, 5.74) is 7.46. The lowest BCUT2D eigenvalue weighted by Crippen LogP contribution is -2.23. The van der Waals surface area contributed by atoms with Crippen molar-refractivity contribution in [1.82, 2.24) is 5.32 Å². The van der Waals surface area contributed by atoms with Crippen LogP contribution in [0.25, 0.3) is 0 Å². The number of benzene rings is 2. The summed E-state index contributed by atoms with van der Waals surface area (Å²) in [5.74, 6) is 6.08. The van der Waals surface area contributed by atoms with Crippen LogP contribution in [-0.4, -0.2) is 25.5 Å². The van der Waals surface area contributed by atoms with Crippen LogP contribution in [-0.2, 0) is 11.2 Å². The summed E-state index contributed by atoms with van der Waals surface area (Å²) >= 11 is 0. The van der Waals surface area contributed by atoms with Crippen molar-refractivity contribution < 1.29 is 14.3 Å². The quantitative estimate of drug-likeness (QED) is 0.791. The highest BCUT2D eigenvalue weighted by Crippen LogP contribution is 2.12. The highest BCUT2D eigenvalue weighted by molar-refractivity contribution is 5.92. The molecule has 0 aliphatic heterocycles. The van der Waals surface area contributed by atoms with E-state index in [0.717, 1.165) is 16.9 Å². The molecular weight excluding hydrogens is 316 g/mol. The maximum Gasteiger partial charge on any atom is 0.248 e. The van der Waals surface area contributed by atoms with Gasteiger partial charge in [-0.3, -0.25) is 9.59 Å². The molecule has 0 unspecified atom stereocenters. The van der Waals surface area contributed by atoms with Crippen molar-refractivity contribution in [3.05, 3.63) is 65.2 Å². The number of hydrogen-bond donors (Lipinski definition) is 2. The van der Waals surface area contributed by atoms with E-state index in [1.165, 1.54) is 0 Å². The van der Waals surface area contributed by atoms with E-state index in [0.29, 0.717) is 18.4 Å². The van der Waals surface area contributed by atoms with Gasteiger partial charge in [-0.1, -0.05) is 24.0 Å². The van der Waals surface area contributed by atoms with Crippen LogP contribution in [0.1, 0.15) is 27.9 Å². The summed E-state index contributed by atoms with van der Waals surface area (Å²) < 4.78 is 5.10. The summed E-state index contributed by atoms with van der Waals surface area (Å²) in [6, 6.07) is 14.3. The van der Waals surface area contributed by atoms with Gasteiger partial charge in [-0.25, -0.2) is 0 Å². The van der Waals surface area contributed by atoms with E-state index >= 15 is 0 Å². The van der Waals surface area contributed by atoms with E-state index in [1.807, 2.05) is 24.3 Å². The second-order valence-electron chi connectivity index (χ2n) is 5.37. The van der Waals surface area contributed by atoms with Crippen LogP contribution in [0.15, 0.2) is 48.5 Å². The van der Waals surface area contributed by atoms with Crippen molar-refractivity contribution in [2.24, 2.45) is 5.73 Å². The zero-order valence-electron chi connectivity index (χ0n) is 14.0. The van der Waals surface area contributed by atoms with E-state index < -0.39 is 5.91 Å². The van der Waals surface area contributed by atoms with Crippen molar-refractivity contribution in [3.63, 3.8) is 0 Å². The summed E-state index contributed by atoms with van der Waals surface area (Å²) in [4.78, 5) is 22.8. The van der Waals surface area contributed by atoms with Crippen LogP contribution in [0.4, 0.5) is 0 Å². The first-order valence-corrected chi connectivity index (χ1v) is 7.87. The number of carbonyl (C=O) groups excluding carboxylic acids is 2. The van der Waals surface area contributed by atoms with E-state index in [9.17, 15) is 9.59 Å². The van der Waals surface area contributed by atoms with Crippen LogP contribution in [0.5, 0.6) is 5.75 Å². The first-order valence-electron chi connectivity index (χ1n) is 7.87. The number of primary amides is 1. The molecule has 2 aromatic carbocycles. The Kier molecular flexibility index (Phi) is 6.61. The third-order valence-electron chi connectivity index (χ3n) is 3.58. The highest BCUT2D eigenvalue weighted by Gasteiger charge is 2.01. The van der Waals surface area contributed by atoms with Gasteiger partial charge < -0.3 is 15.8 Å². The topological polar surface area (TPSA) is 81.4 Å². The van der Waals surface area contributed by atoms with Crippen LogP contribution in [0.3, 0.4) is 0 Å². The van der Waals surface area contributed by atoms with Gasteiger partial charge in [0.05, 0.1) is 13.7 Å². The average Bonchev–Trinajstić information content (AvgIpc) is 2.64. The van der Waals surface area contributed by atoms with Gasteiger partial charge in [0, 0.05) is 17.5 Å². The fourth-order valence-corrected chi connectivity index (χ4v) is 2.15. The average molecular weight is 336 g/mol. The molecule has 0 bridgehead atoms. The molecule has 25 heavy (non-hydrogen) atoms. The third kappa shape index (κ3) is 6.04. The SMILES string of the molecule is COc1ccc(CCC(=O)NCC#Cc2ccc(C(N)=O)cc2)cc1. The largest absolute Gasteiger partial charge is 0.497 e. The molecule has 0 aliphatic rings. The normalized spacial score (nSPS) is 9.64. The Morgan fingerprint density at radius 1 is 1.08 bits per heavy atom. The number of methoxy groups -OCH3 is 1. The minimum atomic E-state index is -0.469. The molecule has 3 N–H and O–H groups in total. The van der Waals surface area contributed by atoms with E-state index in [2.05, 4.69) is 17.2 Å². The smallest absolute Gasteiger partial charge is 0.248 e. The van der Waals surface area contributed by atoms with Gasteiger partial charge in [0.15, 0.2) is 0 Å². The lowest BCUT2D eigenvalue weighted by Gasteiger charge is -2.03. The summed E-state index contributed by atoms with van der Waals surface area (Å²) in [6.45, 7) is 0.277. The molecule has 2 rings (SSSR count). The Bertz CT molecular complexity index is 784. The molecule has 5 nitrogen and oxygen atoms in total. The molecule has 2 aromatic rings. The van der Waals surface area contributed by atoms with Gasteiger partial charge >= 0.3 is 0 Å². The number of rotatable bonds is 6. The van der Waals surface area contributed by atoms with Crippen LogP contribution >= 0.6 is 0 Å². The lowest BCUT2D eigenvalue weighted by atomic mass is 10.1. The Labute approximate surface area is 147 Å². The first kappa shape index (κ1) is 18.1. The van der Waals surface area contributed by atoms with E-state index in [-0.39, 0.29) is 12.5 Å². The molecule has 0 saturated heterocycles. The van der Waals surface area contributed by atoms with Crippen LogP contribution in [0.2, 0.25) is 0 Å². The predicted octanol–water partition coefficient (Wildman–Crippen LogP) is 1.89. The number of hydrogen-bond acceptors (Lipinski definition) is 3. The van der Waals surface area contributed by atoms with Crippen LogP contribution < -0.4 is 15.8 Å². The van der Waals surface area contributed by atoms with E-state index in [1.54, 1.807) is 31.4 Å². The molecule has 0 radical (unpaired) electrons. The Balaban J connectivity index is 1.74. The van der Waals surface area contributed by atoms with Crippen LogP contribution in [0, 0.1) is 11.8 Å². The minimum absolute atomic E-state index is 0.0470. The number of nitrogens with two attached hydrogens (primary N) is 1. The van der Waals surface area contributed by atoms with E-state index in [4.69, 9.17) is 10.5 Å². The standard InChI is InChI=1S/C20H20N2O3/c1-25-18-11-6-16(7-12-18)8-13-19(23)22-14-2-3-15-4-9-17(10-5-15)20(21)24/h4-7,9-12H,8,13-14H2,1H3,(H2,21,24)(H,22,23). The Morgan fingerprint density at radius 2 is 1.76 bits per heavy atom. The summed E-state index contributed by atoms with van der Waals surface area (Å²) in [7, 11) is 1.62. The van der Waals surface area contributed by atoms with Gasteiger partial charge in [0.25, 0.3) is 0 Å². The van der Waals surface area contributed by atoms with Gasteiger partial charge in [-0.05, 0) is 48.4 Å². The van der Waals surface area contributed by atoms with Gasteiger partial charge in [0.1, 0.15) is 5.75 Å². The zero-order chi connectivity index (χ0) is 18.1. The molecule has 0 heterocycles. The highest BCUT2D eigenvalue weighted by atomic mass is 16.5. The number of aryl methyl sites for hydroxylation is 1. The van der Waals surface area contributed by atoms with Gasteiger partial charge in [-0.2, -0.15) is 0 Å². The number of carbonyl (C=O) groups is 2. The zero-order valence-corrected chi connectivity index (χ0v) is 14.0. The molecule has 2 amide bonds. The predicted molar refractivity (Wildman–Crippen MR) is 96.2 cm³/mol. The molecular formula is C20H20N2O3. The molecule has 5 heteroatoms. The Hall–Kier alpha value is -3.26. The third-order valence-corrected chi connectivity index (χ3v) is 3.58. The maximum atomic E-state index is 11.8. The monoisotopic (exact) mass is 336 g/mol. The molecule has 0 aromatic heterocycles.